The van der Waals surface area contributed by atoms with Crippen LogP contribution in [0.1, 0.15) is 30.1 Å². The Morgan fingerprint density at radius 3 is 2.55 bits per heavy atom. The molecule has 0 bridgehead atoms. The Kier molecular flexibility index (Phi) is 6.75. The van der Waals surface area contributed by atoms with Crippen LogP contribution < -0.4 is 21.1 Å². The molecule has 4 rings (SSSR count). The van der Waals surface area contributed by atoms with E-state index in [-0.39, 0.29) is 12.3 Å². The van der Waals surface area contributed by atoms with E-state index in [4.69, 9.17) is 4.74 Å². The highest BCUT2D eigenvalue weighted by Crippen LogP contribution is 2.21. The molecule has 1 aliphatic rings. The topological polar surface area (TPSA) is 80.5 Å². The lowest BCUT2D eigenvalue weighted by Crippen LogP contribution is -2.33. The molecule has 1 fully saturated rings. The van der Waals surface area contributed by atoms with Crippen molar-refractivity contribution in [2.45, 2.75) is 25.5 Å². The highest BCUT2D eigenvalue weighted by molar-refractivity contribution is 5.76. The second kappa shape index (κ2) is 9.68. The molecule has 1 aliphatic heterocycles. The molecule has 1 atom stereocenters. The number of hydrogen-bond acceptors (Lipinski definition) is 5. The first kappa shape index (κ1) is 21.6. The Morgan fingerprint density at radius 1 is 1.10 bits per heavy atom. The quantitative estimate of drug-likeness (QED) is 0.516. The summed E-state index contributed by atoms with van der Waals surface area (Å²) in [7, 11) is 3.48. The molecule has 7 nitrogen and oxygen atoms in total. The van der Waals surface area contributed by atoms with Gasteiger partial charge in [-0.15, -0.1) is 0 Å². The lowest BCUT2D eigenvalue weighted by Gasteiger charge is -2.22. The predicted octanol–water partition coefficient (Wildman–Crippen LogP) is 2.08. The fraction of sp³-hybridized carbons (Fsp3) is 0.458. The van der Waals surface area contributed by atoms with Gasteiger partial charge in [-0.3, -0.25) is 9.13 Å². The molecule has 2 heterocycles. The number of hydrogen-bond donors (Lipinski definition) is 3. The van der Waals surface area contributed by atoms with Crippen molar-refractivity contribution in [3.8, 4) is 5.75 Å². The summed E-state index contributed by atoms with van der Waals surface area (Å²) in [6.45, 7) is 4.31. The highest BCUT2D eigenvalue weighted by Gasteiger charge is 2.14. The SMILES string of the molecule is Cn1c(=O)n(C)c2cc([C@@H](O)COc3ccc(CNCC4CCNCC4)cc3)ccc21. The molecule has 0 radical (unpaired) electrons. The normalized spacial score (nSPS) is 16.0. The summed E-state index contributed by atoms with van der Waals surface area (Å²) in [6, 6.07) is 13.6. The number of fused-ring (bicyclic) bond motifs is 1. The summed E-state index contributed by atoms with van der Waals surface area (Å²) in [5.74, 6) is 1.50. The lowest BCUT2D eigenvalue weighted by atomic mass is 9.98. The van der Waals surface area contributed by atoms with Gasteiger partial charge in [0.2, 0.25) is 0 Å². The molecule has 7 heteroatoms. The van der Waals surface area contributed by atoms with Crippen molar-refractivity contribution in [1.82, 2.24) is 19.8 Å². The van der Waals surface area contributed by atoms with E-state index < -0.39 is 6.10 Å². The van der Waals surface area contributed by atoms with Crippen LogP contribution in [0.15, 0.2) is 47.3 Å². The van der Waals surface area contributed by atoms with E-state index in [0.29, 0.717) is 0 Å². The molecular formula is C24H32N4O3. The fourth-order valence-corrected chi connectivity index (χ4v) is 4.21. The smallest absolute Gasteiger partial charge is 0.328 e. The molecular weight excluding hydrogens is 392 g/mol. The Hall–Kier alpha value is -2.61. The average molecular weight is 425 g/mol. The van der Waals surface area contributed by atoms with E-state index in [9.17, 15) is 9.90 Å². The molecule has 1 saturated heterocycles. The van der Waals surface area contributed by atoms with Gasteiger partial charge in [0.05, 0.1) is 11.0 Å². The standard InChI is InChI=1S/C24H32N4O3/c1-27-21-8-5-19(13-22(21)28(2)24(27)30)23(29)16-31-20-6-3-17(4-7-20)14-26-15-18-9-11-25-12-10-18/h3-8,13,18,23,25-26,29H,9-12,14-16H2,1-2H3/t23-/m0/s1. The van der Waals surface area contributed by atoms with Crippen LogP contribution in [-0.2, 0) is 20.6 Å². The monoisotopic (exact) mass is 424 g/mol. The summed E-state index contributed by atoms with van der Waals surface area (Å²) in [5.41, 5.74) is 3.51. The molecule has 3 N–H and O–H groups in total. The van der Waals surface area contributed by atoms with Crippen LogP contribution in [0.2, 0.25) is 0 Å². The molecule has 3 aromatic rings. The fourth-order valence-electron chi connectivity index (χ4n) is 4.21. The molecule has 0 unspecified atom stereocenters. The Morgan fingerprint density at radius 2 is 1.81 bits per heavy atom. The number of ether oxygens (including phenoxy) is 1. The minimum atomic E-state index is -0.772. The van der Waals surface area contributed by atoms with E-state index in [2.05, 4.69) is 22.8 Å². The Bertz CT molecular complexity index is 1060. The first-order valence-electron chi connectivity index (χ1n) is 11.0. The zero-order valence-electron chi connectivity index (χ0n) is 18.3. The second-order valence-electron chi connectivity index (χ2n) is 8.44. The molecule has 1 aromatic heterocycles. The van der Waals surface area contributed by atoms with Crippen molar-refractivity contribution in [3.63, 3.8) is 0 Å². The van der Waals surface area contributed by atoms with Crippen LogP contribution in [0.3, 0.4) is 0 Å². The average Bonchev–Trinajstić information content (AvgIpc) is 3.02. The van der Waals surface area contributed by atoms with Gasteiger partial charge in [-0.2, -0.15) is 0 Å². The minimum Gasteiger partial charge on any atom is -0.491 e. The highest BCUT2D eigenvalue weighted by atomic mass is 16.5. The van der Waals surface area contributed by atoms with Crippen molar-refractivity contribution in [2.24, 2.45) is 20.0 Å². The van der Waals surface area contributed by atoms with E-state index >= 15 is 0 Å². The van der Waals surface area contributed by atoms with E-state index in [1.165, 1.54) is 18.4 Å². The van der Waals surface area contributed by atoms with Gasteiger partial charge in [-0.25, -0.2) is 4.79 Å². The van der Waals surface area contributed by atoms with Gasteiger partial charge in [-0.1, -0.05) is 18.2 Å². The molecule has 2 aromatic carbocycles. The molecule has 0 aliphatic carbocycles. The van der Waals surface area contributed by atoms with Gasteiger partial charge in [-0.05, 0) is 73.8 Å². The predicted molar refractivity (Wildman–Crippen MR) is 122 cm³/mol. The number of nitrogens with one attached hydrogen (secondary N) is 2. The van der Waals surface area contributed by atoms with E-state index in [0.717, 1.165) is 54.4 Å². The largest absolute Gasteiger partial charge is 0.491 e. The van der Waals surface area contributed by atoms with Crippen LogP contribution in [0.4, 0.5) is 0 Å². The third-order valence-corrected chi connectivity index (χ3v) is 6.23. The number of piperidine rings is 1. The van der Waals surface area contributed by atoms with E-state index in [1.54, 1.807) is 23.2 Å². The molecule has 166 valence electrons. The van der Waals surface area contributed by atoms with E-state index in [1.807, 2.05) is 30.3 Å². The molecule has 31 heavy (non-hydrogen) atoms. The maximum absolute atomic E-state index is 12.1. The summed E-state index contributed by atoms with van der Waals surface area (Å²) in [5, 5.41) is 17.5. The summed E-state index contributed by atoms with van der Waals surface area (Å²) in [4.78, 5) is 12.1. The van der Waals surface area contributed by atoms with Crippen molar-refractivity contribution in [3.05, 3.63) is 64.1 Å². The van der Waals surface area contributed by atoms with Crippen LogP contribution in [0, 0.1) is 5.92 Å². The lowest BCUT2D eigenvalue weighted by molar-refractivity contribution is 0.108. The van der Waals surface area contributed by atoms with Gasteiger partial charge in [0.15, 0.2) is 0 Å². The van der Waals surface area contributed by atoms with Crippen molar-refractivity contribution in [2.75, 3.05) is 26.2 Å². The third kappa shape index (κ3) is 5.01. The van der Waals surface area contributed by atoms with Gasteiger partial charge in [0.25, 0.3) is 0 Å². The van der Waals surface area contributed by atoms with Gasteiger partial charge < -0.3 is 20.5 Å². The number of nitrogens with zero attached hydrogens (tertiary/aromatic N) is 2. The number of imidazole rings is 1. The summed E-state index contributed by atoms with van der Waals surface area (Å²) in [6.07, 6.45) is 1.72. The van der Waals surface area contributed by atoms with Crippen LogP contribution in [-0.4, -0.2) is 40.5 Å². The molecule has 0 saturated carbocycles. The maximum atomic E-state index is 12.1. The second-order valence-corrected chi connectivity index (χ2v) is 8.44. The number of rotatable bonds is 8. The summed E-state index contributed by atoms with van der Waals surface area (Å²) >= 11 is 0. The number of aliphatic hydroxyl groups excluding tert-OH is 1. The number of benzene rings is 2. The first-order valence-corrected chi connectivity index (χ1v) is 11.0. The van der Waals surface area contributed by atoms with Crippen LogP contribution >= 0.6 is 0 Å². The van der Waals surface area contributed by atoms with Crippen molar-refractivity contribution in [1.29, 1.82) is 0 Å². The first-order chi connectivity index (χ1) is 15.0. The van der Waals surface area contributed by atoms with Crippen molar-refractivity contribution < 1.29 is 9.84 Å². The van der Waals surface area contributed by atoms with Crippen LogP contribution in [0.5, 0.6) is 5.75 Å². The summed E-state index contributed by atoms with van der Waals surface area (Å²) < 4.78 is 8.99. The molecule has 0 spiro atoms. The van der Waals surface area contributed by atoms with Gasteiger partial charge in [0, 0.05) is 20.6 Å². The van der Waals surface area contributed by atoms with Crippen molar-refractivity contribution >= 4 is 11.0 Å². The number of aryl methyl sites for hydroxylation is 2. The zero-order chi connectivity index (χ0) is 21.8. The minimum absolute atomic E-state index is 0.0804. The van der Waals surface area contributed by atoms with Gasteiger partial charge in [0.1, 0.15) is 18.5 Å². The Balaban J connectivity index is 1.29. The number of aromatic nitrogens is 2. The number of aliphatic hydroxyl groups is 1. The Labute approximate surface area is 182 Å². The third-order valence-electron chi connectivity index (χ3n) is 6.23. The molecule has 0 amide bonds. The van der Waals surface area contributed by atoms with Gasteiger partial charge >= 0.3 is 5.69 Å². The maximum Gasteiger partial charge on any atom is 0.328 e. The zero-order valence-corrected chi connectivity index (χ0v) is 18.3. The van der Waals surface area contributed by atoms with Crippen LogP contribution in [0.25, 0.3) is 11.0 Å².